The normalized spacial score (nSPS) is 11.9. The second-order valence-corrected chi connectivity index (χ2v) is 10.1. The average molecular weight is 530 g/mol. The molecule has 0 radical (unpaired) electrons. The van der Waals surface area contributed by atoms with Crippen molar-refractivity contribution in [2.75, 3.05) is 18.9 Å². The lowest BCUT2D eigenvalue weighted by Crippen LogP contribution is -2.22. The number of ether oxygens (including phenoxy) is 2. The zero-order valence-corrected chi connectivity index (χ0v) is 20.7. The van der Waals surface area contributed by atoms with E-state index in [9.17, 15) is 22.4 Å². The Bertz CT molecular complexity index is 1610. The third-order valence-electron chi connectivity index (χ3n) is 5.12. The summed E-state index contributed by atoms with van der Waals surface area (Å²) in [6.07, 6.45) is 0. The van der Waals surface area contributed by atoms with Crippen LogP contribution in [-0.2, 0) is 26.1 Å². The van der Waals surface area contributed by atoms with Gasteiger partial charge in [-0.05, 0) is 60.7 Å². The molecule has 0 spiro atoms. The van der Waals surface area contributed by atoms with Crippen LogP contribution in [0.5, 0.6) is 5.75 Å². The van der Waals surface area contributed by atoms with Crippen molar-refractivity contribution in [1.82, 2.24) is 4.57 Å². The number of amides is 1. The van der Waals surface area contributed by atoms with E-state index in [2.05, 4.69) is 14.5 Å². The smallest absolute Gasteiger partial charge is 0.325 e. The zero-order chi connectivity index (χ0) is 25.9. The summed E-state index contributed by atoms with van der Waals surface area (Å²) in [6.45, 7) is -0.324. The molecule has 1 heterocycles. The molecule has 0 aliphatic rings. The van der Waals surface area contributed by atoms with Gasteiger partial charge in [-0.25, -0.2) is 12.8 Å². The van der Waals surface area contributed by atoms with Crippen LogP contribution in [0.25, 0.3) is 10.2 Å². The number of esters is 1. The first-order valence-electron chi connectivity index (χ1n) is 10.4. The highest BCUT2D eigenvalue weighted by Crippen LogP contribution is 2.22. The molecule has 1 N–H and O–H groups in total. The highest BCUT2D eigenvalue weighted by Gasteiger charge is 2.17. The molecule has 36 heavy (non-hydrogen) atoms. The van der Waals surface area contributed by atoms with Gasteiger partial charge in [0.25, 0.3) is 15.9 Å². The number of rotatable bonds is 7. The molecule has 0 fully saturated rings. The second-order valence-electron chi connectivity index (χ2n) is 7.41. The van der Waals surface area contributed by atoms with Crippen LogP contribution in [-0.4, -0.2) is 39.1 Å². The molecule has 4 aromatic rings. The summed E-state index contributed by atoms with van der Waals surface area (Å²) < 4.78 is 53.7. The molecule has 1 aromatic heterocycles. The van der Waals surface area contributed by atoms with Gasteiger partial charge in [-0.3, -0.25) is 14.3 Å². The van der Waals surface area contributed by atoms with Crippen molar-refractivity contribution < 1.29 is 31.9 Å². The third-order valence-corrected chi connectivity index (χ3v) is 7.56. The Morgan fingerprint density at radius 1 is 1.03 bits per heavy atom. The largest absolute Gasteiger partial charge is 0.497 e. The minimum absolute atomic E-state index is 0.0469. The molecule has 0 aliphatic carbocycles. The number of methoxy groups -OCH3 is 2. The number of hydrogen-bond donors (Lipinski definition) is 1. The summed E-state index contributed by atoms with van der Waals surface area (Å²) in [5.41, 5.74) is 0.555. The van der Waals surface area contributed by atoms with E-state index in [1.54, 1.807) is 6.07 Å². The Morgan fingerprint density at radius 3 is 2.36 bits per heavy atom. The minimum atomic E-state index is -3.85. The van der Waals surface area contributed by atoms with Crippen LogP contribution in [0.2, 0.25) is 0 Å². The van der Waals surface area contributed by atoms with Gasteiger partial charge in [0.15, 0.2) is 4.80 Å². The summed E-state index contributed by atoms with van der Waals surface area (Å²) in [5.74, 6) is -1.31. The number of fused-ring (bicyclic) bond motifs is 1. The summed E-state index contributed by atoms with van der Waals surface area (Å²) in [6, 6.07) is 16.0. The predicted octanol–water partition coefficient (Wildman–Crippen LogP) is 3.57. The number of sulfonamides is 1. The van der Waals surface area contributed by atoms with Crippen LogP contribution in [0.1, 0.15) is 10.4 Å². The lowest BCUT2D eigenvalue weighted by molar-refractivity contribution is -0.141. The van der Waals surface area contributed by atoms with Crippen molar-refractivity contribution in [3.63, 3.8) is 0 Å². The Kier molecular flexibility index (Phi) is 7.17. The first-order valence-corrected chi connectivity index (χ1v) is 12.7. The molecule has 0 saturated carbocycles. The number of anilines is 1. The number of carbonyl (C=O) groups excluding carboxylic acids is 2. The van der Waals surface area contributed by atoms with Gasteiger partial charge in [0.1, 0.15) is 18.1 Å². The SMILES string of the molecule is COC(=O)Cn1c(=NC(=O)c2ccc(NS(=O)(=O)c3ccc(OC)cc3)cc2)sc2cccc(F)c21. The summed E-state index contributed by atoms with van der Waals surface area (Å²) in [7, 11) is -1.16. The van der Waals surface area contributed by atoms with Crippen LogP contribution in [0.15, 0.2) is 76.6 Å². The summed E-state index contributed by atoms with van der Waals surface area (Å²) >= 11 is 1.05. The quantitative estimate of drug-likeness (QED) is 0.366. The van der Waals surface area contributed by atoms with Crippen LogP contribution in [0.4, 0.5) is 10.1 Å². The van der Waals surface area contributed by atoms with E-state index in [-0.39, 0.29) is 33.0 Å². The van der Waals surface area contributed by atoms with Crippen molar-refractivity contribution in [2.24, 2.45) is 4.99 Å². The molecule has 4 rings (SSSR count). The van der Waals surface area contributed by atoms with Gasteiger partial charge >= 0.3 is 5.97 Å². The Morgan fingerprint density at radius 2 is 1.72 bits per heavy atom. The first kappa shape index (κ1) is 25.1. The number of halogens is 1. The van der Waals surface area contributed by atoms with Crippen molar-refractivity contribution in [1.29, 1.82) is 0 Å². The van der Waals surface area contributed by atoms with Crippen LogP contribution in [0, 0.1) is 5.82 Å². The van der Waals surface area contributed by atoms with Crippen LogP contribution >= 0.6 is 11.3 Å². The Balaban J connectivity index is 1.61. The number of nitrogens with zero attached hydrogens (tertiary/aromatic N) is 2. The molecule has 9 nitrogen and oxygen atoms in total. The van der Waals surface area contributed by atoms with E-state index in [0.29, 0.717) is 10.4 Å². The second kappa shape index (κ2) is 10.3. The van der Waals surface area contributed by atoms with Crippen molar-refractivity contribution >= 4 is 49.1 Å². The fourth-order valence-electron chi connectivity index (χ4n) is 3.31. The molecule has 186 valence electrons. The average Bonchev–Trinajstić information content (AvgIpc) is 3.21. The fraction of sp³-hybridized carbons (Fsp3) is 0.125. The highest BCUT2D eigenvalue weighted by atomic mass is 32.2. The van der Waals surface area contributed by atoms with E-state index < -0.39 is 27.7 Å². The molecule has 0 unspecified atom stereocenters. The number of benzene rings is 3. The van der Waals surface area contributed by atoms with E-state index in [1.807, 2.05) is 0 Å². The number of para-hydroxylation sites is 1. The van der Waals surface area contributed by atoms with E-state index in [0.717, 1.165) is 11.3 Å². The van der Waals surface area contributed by atoms with Gasteiger partial charge in [-0.15, -0.1) is 0 Å². The van der Waals surface area contributed by atoms with Gasteiger partial charge < -0.3 is 14.0 Å². The van der Waals surface area contributed by atoms with Crippen LogP contribution in [0.3, 0.4) is 0 Å². The molecular weight excluding hydrogens is 509 g/mol. The van der Waals surface area contributed by atoms with E-state index >= 15 is 0 Å². The van der Waals surface area contributed by atoms with Gasteiger partial charge in [0.05, 0.1) is 29.3 Å². The molecule has 3 aromatic carbocycles. The monoisotopic (exact) mass is 529 g/mol. The summed E-state index contributed by atoms with van der Waals surface area (Å²) in [4.78, 5) is 29.0. The lowest BCUT2D eigenvalue weighted by Gasteiger charge is -2.09. The molecule has 1 amide bonds. The van der Waals surface area contributed by atoms with Gasteiger partial charge in [0.2, 0.25) is 0 Å². The molecule has 0 atom stereocenters. The number of thiazole rings is 1. The molecule has 0 aliphatic heterocycles. The predicted molar refractivity (Wildman–Crippen MR) is 132 cm³/mol. The minimum Gasteiger partial charge on any atom is -0.497 e. The maximum absolute atomic E-state index is 14.5. The van der Waals surface area contributed by atoms with Crippen LogP contribution < -0.4 is 14.3 Å². The fourth-order valence-corrected chi connectivity index (χ4v) is 5.41. The summed E-state index contributed by atoms with van der Waals surface area (Å²) in [5, 5.41) is 0. The number of carbonyl (C=O) groups is 2. The molecule has 0 saturated heterocycles. The van der Waals surface area contributed by atoms with Crippen molar-refractivity contribution in [3.05, 3.63) is 82.9 Å². The maximum atomic E-state index is 14.5. The standard InChI is InChI=1S/C24H20FN3O6S2/c1-33-17-10-12-18(13-11-17)36(31,32)27-16-8-6-15(7-9-16)23(30)26-24-28(14-21(29)34-2)22-19(25)4-3-5-20(22)35-24/h3-13,27H,14H2,1-2H3. The topological polar surface area (TPSA) is 116 Å². The van der Waals surface area contributed by atoms with E-state index in [1.165, 1.54) is 79.5 Å². The maximum Gasteiger partial charge on any atom is 0.325 e. The number of hydrogen-bond acceptors (Lipinski definition) is 7. The number of aromatic nitrogens is 1. The Hall–Kier alpha value is -4.03. The lowest BCUT2D eigenvalue weighted by atomic mass is 10.2. The van der Waals surface area contributed by atoms with Gasteiger partial charge in [0, 0.05) is 11.3 Å². The van der Waals surface area contributed by atoms with Gasteiger partial charge in [-0.1, -0.05) is 17.4 Å². The number of nitrogens with one attached hydrogen (secondary N) is 1. The van der Waals surface area contributed by atoms with Crippen molar-refractivity contribution in [3.8, 4) is 5.75 Å². The van der Waals surface area contributed by atoms with Crippen molar-refractivity contribution in [2.45, 2.75) is 11.4 Å². The first-order chi connectivity index (χ1) is 17.2. The van der Waals surface area contributed by atoms with E-state index in [4.69, 9.17) is 4.74 Å². The third kappa shape index (κ3) is 5.29. The highest BCUT2D eigenvalue weighted by molar-refractivity contribution is 7.92. The Labute approximate surface area is 209 Å². The zero-order valence-electron chi connectivity index (χ0n) is 19.1. The molecular formula is C24H20FN3O6S2. The molecule has 0 bridgehead atoms. The van der Waals surface area contributed by atoms with Gasteiger partial charge in [-0.2, -0.15) is 4.99 Å². The molecule has 12 heteroatoms.